The van der Waals surface area contributed by atoms with E-state index in [0.29, 0.717) is 5.56 Å². The van der Waals surface area contributed by atoms with Gasteiger partial charge in [-0.3, -0.25) is 9.52 Å². The number of para-hydroxylation sites is 1. The third-order valence-corrected chi connectivity index (χ3v) is 7.69. The number of carbonyl (C=O) groups excluding carboxylic acids is 1. The van der Waals surface area contributed by atoms with Gasteiger partial charge in [-0.05, 0) is 42.8 Å². The first-order valence-corrected chi connectivity index (χ1v) is 12.9. The molecular weight excluding hydrogens is 453 g/mol. The van der Waals surface area contributed by atoms with Crippen LogP contribution in [0.25, 0.3) is 0 Å². The normalized spacial score (nSPS) is 18.3. The molecule has 1 heterocycles. The molecule has 1 fully saturated rings. The molecule has 3 N–H and O–H groups in total. The molecular formula is C26H29FN3O3S+. The molecule has 0 aromatic heterocycles. The lowest BCUT2D eigenvalue weighted by atomic mass is 10.0. The Morgan fingerprint density at radius 3 is 2.38 bits per heavy atom. The summed E-state index contributed by atoms with van der Waals surface area (Å²) in [5, 5.41) is 3.07. The minimum Gasteiger partial charge on any atom is -0.349 e. The van der Waals surface area contributed by atoms with Crippen molar-refractivity contribution in [2.75, 3.05) is 17.8 Å². The second kappa shape index (κ2) is 10.4. The SMILES string of the molecule is Cc1cc(F)ccc1S(=O)(=O)Nc1ccccc1C(=O)NC1CC[NH+](Cc2ccccc2)CC1. The number of piperidine rings is 1. The van der Waals surface area contributed by atoms with Crippen LogP contribution in [-0.2, 0) is 16.6 Å². The summed E-state index contributed by atoms with van der Waals surface area (Å²) in [6, 6.07) is 20.4. The van der Waals surface area contributed by atoms with E-state index in [4.69, 9.17) is 0 Å². The summed E-state index contributed by atoms with van der Waals surface area (Å²) >= 11 is 0. The lowest BCUT2D eigenvalue weighted by Gasteiger charge is -2.30. The minimum absolute atomic E-state index is 0.0297. The molecule has 3 aromatic carbocycles. The van der Waals surface area contributed by atoms with Crippen molar-refractivity contribution in [3.05, 3.63) is 95.3 Å². The van der Waals surface area contributed by atoms with Gasteiger partial charge in [-0.25, -0.2) is 12.8 Å². The van der Waals surface area contributed by atoms with Crippen LogP contribution in [0.4, 0.5) is 10.1 Å². The van der Waals surface area contributed by atoms with Gasteiger partial charge >= 0.3 is 0 Å². The third kappa shape index (κ3) is 5.81. The van der Waals surface area contributed by atoms with Crippen molar-refractivity contribution in [1.29, 1.82) is 0 Å². The largest absolute Gasteiger partial charge is 0.349 e. The van der Waals surface area contributed by atoms with Crippen LogP contribution in [0.2, 0.25) is 0 Å². The van der Waals surface area contributed by atoms with Crippen molar-refractivity contribution in [1.82, 2.24) is 5.32 Å². The Hall–Kier alpha value is -3.23. The molecule has 1 saturated heterocycles. The Balaban J connectivity index is 1.40. The molecule has 0 bridgehead atoms. The number of aryl methyl sites for hydroxylation is 1. The van der Waals surface area contributed by atoms with Crippen molar-refractivity contribution in [2.24, 2.45) is 0 Å². The Morgan fingerprint density at radius 1 is 1.00 bits per heavy atom. The maximum Gasteiger partial charge on any atom is 0.262 e. The highest BCUT2D eigenvalue weighted by Gasteiger charge is 2.26. The quantitative estimate of drug-likeness (QED) is 0.485. The molecule has 0 atom stereocenters. The average Bonchev–Trinajstić information content (AvgIpc) is 2.81. The monoisotopic (exact) mass is 482 g/mol. The van der Waals surface area contributed by atoms with Gasteiger partial charge in [0.25, 0.3) is 15.9 Å². The number of sulfonamides is 1. The van der Waals surface area contributed by atoms with Crippen LogP contribution in [0.3, 0.4) is 0 Å². The standard InChI is InChI=1S/C26H28FN3O3S/c1-19-17-21(27)11-12-25(19)34(32,33)29-24-10-6-5-9-23(24)26(31)28-22-13-15-30(16-14-22)18-20-7-3-2-4-8-20/h2-12,17,22,29H,13-16,18H2,1H3,(H,28,31)/p+1. The Labute approximate surface area is 199 Å². The number of benzene rings is 3. The first-order valence-electron chi connectivity index (χ1n) is 11.4. The summed E-state index contributed by atoms with van der Waals surface area (Å²) in [4.78, 5) is 14.5. The fourth-order valence-corrected chi connectivity index (χ4v) is 5.69. The number of amides is 1. The first kappa shape index (κ1) is 23.9. The number of carbonyl (C=O) groups is 1. The van der Waals surface area contributed by atoms with Gasteiger partial charge < -0.3 is 10.2 Å². The molecule has 8 heteroatoms. The predicted octanol–water partition coefficient (Wildman–Crippen LogP) is 2.91. The van der Waals surface area contributed by atoms with Gasteiger partial charge in [0.1, 0.15) is 12.4 Å². The van der Waals surface area contributed by atoms with Crippen LogP contribution < -0.4 is 14.9 Å². The highest BCUT2D eigenvalue weighted by Crippen LogP contribution is 2.23. The van der Waals surface area contributed by atoms with Crippen molar-refractivity contribution in [3.63, 3.8) is 0 Å². The van der Waals surface area contributed by atoms with Crippen LogP contribution in [0.15, 0.2) is 77.7 Å². The smallest absolute Gasteiger partial charge is 0.262 e. The molecule has 34 heavy (non-hydrogen) atoms. The molecule has 6 nitrogen and oxygen atoms in total. The van der Waals surface area contributed by atoms with E-state index in [1.165, 1.54) is 29.5 Å². The van der Waals surface area contributed by atoms with Crippen LogP contribution in [-0.4, -0.2) is 33.5 Å². The second-order valence-corrected chi connectivity index (χ2v) is 10.4. The average molecular weight is 483 g/mol. The van der Waals surface area contributed by atoms with Crippen LogP contribution in [0.5, 0.6) is 0 Å². The topological polar surface area (TPSA) is 79.7 Å². The van der Waals surface area contributed by atoms with Crippen molar-refractivity contribution in [3.8, 4) is 0 Å². The van der Waals surface area contributed by atoms with Crippen molar-refractivity contribution >= 4 is 21.6 Å². The number of rotatable bonds is 7. The zero-order valence-corrected chi connectivity index (χ0v) is 19.9. The molecule has 3 aromatic rings. The van der Waals surface area contributed by atoms with Gasteiger partial charge in [-0.1, -0.05) is 42.5 Å². The number of nitrogens with one attached hydrogen (secondary N) is 3. The molecule has 0 saturated carbocycles. The molecule has 0 radical (unpaired) electrons. The summed E-state index contributed by atoms with van der Waals surface area (Å²) < 4.78 is 41.8. The molecule has 4 rings (SSSR count). The van der Waals surface area contributed by atoms with Gasteiger partial charge in [0.15, 0.2) is 0 Å². The maximum absolute atomic E-state index is 13.4. The number of hydrogen-bond donors (Lipinski definition) is 3. The van der Waals surface area contributed by atoms with E-state index in [0.717, 1.165) is 38.5 Å². The number of hydrogen-bond acceptors (Lipinski definition) is 3. The number of likely N-dealkylation sites (tertiary alicyclic amines) is 1. The van der Waals surface area contributed by atoms with Crippen LogP contribution in [0, 0.1) is 12.7 Å². The summed E-state index contributed by atoms with van der Waals surface area (Å²) in [7, 11) is -3.99. The van der Waals surface area contributed by atoms with Gasteiger partial charge in [0.05, 0.1) is 29.2 Å². The zero-order chi connectivity index (χ0) is 24.1. The molecule has 1 aliphatic heterocycles. The molecule has 0 unspecified atom stereocenters. The summed E-state index contributed by atoms with van der Waals surface area (Å²) in [6.45, 7) is 4.41. The van der Waals surface area contributed by atoms with Crippen molar-refractivity contribution < 1.29 is 22.5 Å². The van der Waals surface area contributed by atoms with Crippen molar-refractivity contribution in [2.45, 2.75) is 37.2 Å². The summed E-state index contributed by atoms with van der Waals surface area (Å²) in [5.41, 5.74) is 2.04. The molecule has 0 spiro atoms. The highest BCUT2D eigenvalue weighted by atomic mass is 32.2. The first-order chi connectivity index (χ1) is 16.3. The Morgan fingerprint density at radius 2 is 1.68 bits per heavy atom. The zero-order valence-electron chi connectivity index (χ0n) is 19.1. The highest BCUT2D eigenvalue weighted by molar-refractivity contribution is 7.92. The fraction of sp³-hybridized carbons (Fsp3) is 0.269. The van der Waals surface area contributed by atoms with Gasteiger partial charge in [-0.2, -0.15) is 0 Å². The number of anilines is 1. The van der Waals surface area contributed by atoms with Gasteiger partial charge in [-0.15, -0.1) is 0 Å². The lowest BCUT2D eigenvalue weighted by molar-refractivity contribution is -0.918. The van der Waals surface area contributed by atoms with E-state index in [9.17, 15) is 17.6 Å². The minimum atomic E-state index is -3.99. The molecule has 1 aliphatic rings. The Kier molecular flexibility index (Phi) is 7.29. The summed E-state index contributed by atoms with van der Waals surface area (Å²) in [5.74, 6) is -0.821. The van der Waals surface area contributed by atoms with Crippen LogP contribution >= 0.6 is 0 Å². The van der Waals surface area contributed by atoms with Crippen LogP contribution in [0.1, 0.15) is 34.3 Å². The molecule has 1 amide bonds. The van der Waals surface area contributed by atoms with E-state index in [1.807, 2.05) is 18.2 Å². The third-order valence-electron chi connectivity index (χ3n) is 6.17. The molecule has 178 valence electrons. The second-order valence-electron chi connectivity index (χ2n) is 8.72. The van der Waals surface area contributed by atoms with Gasteiger partial charge in [0, 0.05) is 24.4 Å². The Bertz CT molecular complexity index is 1260. The van der Waals surface area contributed by atoms with E-state index >= 15 is 0 Å². The van der Waals surface area contributed by atoms with E-state index in [-0.39, 0.29) is 28.1 Å². The maximum atomic E-state index is 13.4. The predicted molar refractivity (Wildman–Crippen MR) is 130 cm³/mol. The summed E-state index contributed by atoms with van der Waals surface area (Å²) in [6.07, 6.45) is 1.72. The van der Waals surface area contributed by atoms with Gasteiger partial charge in [0.2, 0.25) is 0 Å². The number of quaternary nitrogens is 1. The number of halogens is 1. The fourth-order valence-electron chi connectivity index (χ4n) is 4.38. The molecule has 0 aliphatic carbocycles. The lowest BCUT2D eigenvalue weighted by Crippen LogP contribution is -3.12. The van der Waals surface area contributed by atoms with E-state index in [1.54, 1.807) is 24.3 Å². The van der Waals surface area contributed by atoms with E-state index < -0.39 is 15.8 Å². The van der Waals surface area contributed by atoms with E-state index in [2.05, 4.69) is 22.2 Å².